The lowest BCUT2D eigenvalue weighted by atomic mass is 10.0. The van der Waals surface area contributed by atoms with E-state index in [1.54, 1.807) is 12.1 Å². The first-order chi connectivity index (χ1) is 8.74. The van der Waals surface area contributed by atoms with Gasteiger partial charge in [-0.25, -0.2) is 9.37 Å². The lowest BCUT2D eigenvalue weighted by Gasteiger charge is -2.22. The Kier molecular flexibility index (Phi) is 3.04. The van der Waals surface area contributed by atoms with Crippen molar-refractivity contribution in [3.05, 3.63) is 29.8 Å². The van der Waals surface area contributed by atoms with Crippen molar-refractivity contribution < 1.29 is 4.39 Å². The Morgan fingerprint density at radius 2 is 2.33 bits per heavy atom. The maximum Gasteiger partial charge on any atom is 0.125 e. The first-order valence-electron chi connectivity index (χ1n) is 6.58. The molecule has 1 saturated heterocycles. The highest BCUT2D eigenvalue weighted by Crippen LogP contribution is 2.19. The lowest BCUT2D eigenvalue weighted by molar-refractivity contribution is 0.392. The van der Waals surface area contributed by atoms with Crippen LogP contribution in [0.4, 0.5) is 4.39 Å². The predicted octanol–water partition coefficient (Wildman–Crippen LogP) is 2.40. The Balaban J connectivity index is 1.89. The molecule has 1 aromatic heterocycles. The number of piperidine rings is 1. The van der Waals surface area contributed by atoms with Crippen LogP contribution >= 0.6 is 0 Å². The molecule has 3 rings (SSSR count). The second kappa shape index (κ2) is 4.69. The van der Waals surface area contributed by atoms with E-state index in [1.807, 2.05) is 11.6 Å². The summed E-state index contributed by atoms with van der Waals surface area (Å²) in [5.41, 5.74) is 1.76. The minimum Gasteiger partial charge on any atom is -0.331 e. The van der Waals surface area contributed by atoms with Crippen molar-refractivity contribution in [2.24, 2.45) is 7.05 Å². The van der Waals surface area contributed by atoms with Gasteiger partial charge < -0.3 is 9.88 Å². The van der Waals surface area contributed by atoms with E-state index in [0.29, 0.717) is 6.04 Å². The van der Waals surface area contributed by atoms with Crippen molar-refractivity contribution in [3.63, 3.8) is 0 Å². The molecule has 1 atom stereocenters. The fourth-order valence-corrected chi connectivity index (χ4v) is 2.71. The molecule has 1 N–H and O–H groups in total. The van der Waals surface area contributed by atoms with Gasteiger partial charge in [0.1, 0.15) is 11.6 Å². The van der Waals surface area contributed by atoms with Crippen molar-refractivity contribution in [3.8, 4) is 0 Å². The maximum absolute atomic E-state index is 13.2. The molecular weight excluding hydrogens is 229 g/mol. The van der Waals surface area contributed by atoms with Gasteiger partial charge in [0.15, 0.2) is 0 Å². The number of nitrogens with one attached hydrogen (secondary N) is 1. The van der Waals surface area contributed by atoms with Gasteiger partial charge in [-0.1, -0.05) is 6.42 Å². The van der Waals surface area contributed by atoms with Gasteiger partial charge >= 0.3 is 0 Å². The molecule has 0 bridgehead atoms. The number of fused-ring (bicyclic) bond motifs is 1. The third kappa shape index (κ3) is 2.12. The van der Waals surface area contributed by atoms with Crippen LogP contribution in [0, 0.1) is 5.82 Å². The van der Waals surface area contributed by atoms with Gasteiger partial charge in [0, 0.05) is 19.5 Å². The molecule has 1 aromatic carbocycles. The Morgan fingerprint density at radius 3 is 3.11 bits per heavy atom. The third-order valence-corrected chi connectivity index (χ3v) is 3.78. The quantitative estimate of drug-likeness (QED) is 0.883. The van der Waals surface area contributed by atoms with Crippen LogP contribution in [0.5, 0.6) is 0 Å². The summed E-state index contributed by atoms with van der Waals surface area (Å²) in [5, 5.41) is 3.52. The normalized spacial score (nSPS) is 20.4. The van der Waals surface area contributed by atoms with E-state index in [9.17, 15) is 4.39 Å². The van der Waals surface area contributed by atoms with Gasteiger partial charge in [0.25, 0.3) is 0 Å². The zero-order valence-electron chi connectivity index (χ0n) is 10.6. The van der Waals surface area contributed by atoms with Crippen LogP contribution in [-0.2, 0) is 13.5 Å². The van der Waals surface area contributed by atoms with Gasteiger partial charge in [-0.05, 0) is 37.6 Å². The number of benzene rings is 1. The number of rotatable bonds is 2. The van der Waals surface area contributed by atoms with Crippen molar-refractivity contribution in [1.82, 2.24) is 14.9 Å². The second-order valence-electron chi connectivity index (χ2n) is 5.07. The van der Waals surface area contributed by atoms with Crippen molar-refractivity contribution in [2.75, 3.05) is 6.54 Å². The number of hydrogen-bond acceptors (Lipinski definition) is 2. The van der Waals surface area contributed by atoms with E-state index in [-0.39, 0.29) is 5.82 Å². The van der Waals surface area contributed by atoms with Crippen LogP contribution in [0.15, 0.2) is 18.2 Å². The average molecular weight is 247 g/mol. The molecule has 0 amide bonds. The van der Waals surface area contributed by atoms with Crippen LogP contribution in [-0.4, -0.2) is 22.1 Å². The van der Waals surface area contributed by atoms with Gasteiger partial charge in [0.2, 0.25) is 0 Å². The van der Waals surface area contributed by atoms with Crippen molar-refractivity contribution in [1.29, 1.82) is 0 Å². The van der Waals surface area contributed by atoms with E-state index in [1.165, 1.54) is 25.3 Å². The Bertz CT molecular complexity index is 555. The number of aryl methyl sites for hydroxylation is 1. The van der Waals surface area contributed by atoms with Gasteiger partial charge in [0.05, 0.1) is 11.0 Å². The second-order valence-corrected chi connectivity index (χ2v) is 5.07. The molecule has 0 spiro atoms. The predicted molar refractivity (Wildman–Crippen MR) is 70.0 cm³/mol. The highest BCUT2D eigenvalue weighted by atomic mass is 19.1. The standard InChI is InChI=1S/C14H18FN3/c1-18-13-8-10(15)5-6-12(13)17-14(18)9-11-4-2-3-7-16-11/h5-6,8,11,16H,2-4,7,9H2,1H3. The van der Waals surface area contributed by atoms with E-state index in [2.05, 4.69) is 10.3 Å². The van der Waals surface area contributed by atoms with Crippen LogP contribution in [0.3, 0.4) is 0 Å². The summed E-state index contributed by atoms with van der Waals surface area (Å²) in [6.07, 6.45) is 4.69. The molecule has 1 aliphatic rings. The molecule has 3 nitrogen and oxygen atoms in total. The Morgan fingerprint density at radius 1 is 1.44 bits per heavy atom. The largest absolute Gasteiger partial charge is 0.331 e. The monoisotopic (exact) mass is 247 g/mol. The molecular formula is C14H18FN3. The van der Waals surface area contributed by atoms with E-state index in [4.69, 9.17) is 0 Å². The summed E-state index contributed by atoms with van der Waals surface area (Å²) in [5.74, 6) is 0.836. The summed E-state index contributed by atoms with van der Waals surface area (Å²) < 4.78 is 15.2. The zero-order valence-corrected chi connectivity index (χ0v) is 10.6. The van der Waals surface area contributed by atoms with Crippen LogP contribution in [0.25, 0.3) is 11.0 Å². The smallest absolute Gasteiger partial charge is 0.125 e. The molecule has 0 radical (unpaired) electrons. The average Bonchev–Trinajstić information content (AvgIpc) is 2.68. The minimum absolute atomic E-state index is 0.201. The molecule has 1 unspecified atom stereocenters. The van der Waals surface area contributed by atoms with E-state index < -0.39 is 0 Å². The fourth-order valence-electron chi connectivity index (χ4n) is 2.71. The van der Waals surface area contributed by atoms with Crippen LogP contribution in [0.1, 0.15) is 25.1 Å². The Labute approximate surface area is 106 Å². The van der Waals surface area contributed by atoms with E-state index in [0.717, 1.165) is 29.8 Å². The summed E-state index contributed by atoms with van der Waals surface area (Å²) >= 11 is 0. The van der Waals surface area contributed by atoms with Gasteiger partial charge in [-0.3, -0.25) is 0 Å². The molecule has 96 valence electrons. The highest BCUT2D eigenvalue weighted by Gasteiger charge is 2.16. The molecule has 0 saturated carbocycles. The van der Waals surface area contributed by atoms with Crippen molar-refractivity contribution in [2.45, 2.75) is 31.7 Å². The number of halogens is 1. The summed E-state index contributed by atoms with van der Waals surface area (Å²) in [6.45, 7) is 1.10. The highest BCUT2D eigenvalue weighted by molar-refractivity contribution is 5.75. The molecule has 1 fully saturated rings. The molecule has 4 heteroatoms. The first-order valence-corrected chi connectivity index (χ1v) is 6.58. The summed E-state index contributed by atoms with van der Waals surface area (Å²) in [6, 6.07) is 5.29. The first kappa shape index (κ1) is 11.7. The molecule has 1 aliphatic heterocycles. The topological polar surface area (TPSA) is 29.9 Å². The van der Waals surface area contributed by atoms with Gasteiger partial charge in [-0.15, -0.1) is 0 Å². The summed E-state index contributed by atoms with van der Waals surface area (Å²) in [7, 11) is 1.97. The maximum atomic E-state index is 13.2. The summed E-state index contributed by atoms with van der Waals surface area (Å²) in [4.78, 5) is 4.60. The molecule has 2 heterocycles. The van der Waals surface area contributed by atoms with Crippen LogP contribution < -0.4 is 5.32 Å². The number of aromatic nitrogens is 2. The number of imidazole rings is 1. The number of hydrogen-bond donors (Lipinski definition) is 1. The molecule has 18 heavy (non-hydrogen) atoms. The zero-order chi connectivity index (χ0) is 12.5. The van der Waals surface area contributed by atoms with Gasteiger partial charge in [-0.2, -0.15) is 0 Å². The Hall–Kier alpha value is -1.42. The third-order valence-electron chi connectivity index (χ3n) is 3.78. The fraction of sp³-hybridized carbons (Fsp3) is 0.500. The van der Waals surface area contributed by atoms with Crippen molar-refractivity contribution >= 4 is 11.0 Å². The van der Waals surface area contributed by atoms with Crippen LogP contribution in [0.2, 0.25) is 0 Å². The number of nitrogens with zero attached hydrogens (tertiary/aromatic N) is 2. The molecule has 2 aromatic rings. The van der Waals surface area contributed by atoms with E-state index >= 15 is 0 Å². The SMILES string of the molecule is Cn1c(CC2CCCCN2)nc2ccc(F)cc21. The molecule has 0 aliphatic carbocycles. The lowest BCUT2D eigenvalue weighted by Crippen LogP contribution is -2.36. The minimum atomic E-state index is -0.201.